The average molecular weight is 375 g/mol. The third-order valence-electron chi connectivity index (χ3n) is 4.72. The molecule has 132 valence electrons. The lowest BCUT2D eigenvalue weighted by Gasteiger charge is -2.27. The zero-order valence-corrected chi connectivity index (χ0v) is 15.5. The molecule has 0 saturated heterocycles. The van der Waals surface area contributed by atoms with Gasteiger partial charge < -0.3 is 0 Å². The van der Waals surface area contributed by atoms with Gasteiger partial charge in [-0.05, 0) is 48.5 Å². The first kappa shape index (κ1) is 17.6. The standard InChI is InChI=1S/C24H18F2P/c25-22-17-10-18-23(24(22)26)27(19-11-4-1-5-12-19,20-13-6-2-7-14-20)21-15-8-3-9-16-21/h1-18H/q+1. The van der Waals surface area contributed by atoms with Crippen molar-refractivity contribution in [2.45, 2.75) is 0 Å². The Balaban J connectivity index is 2.18. The van der Waals surface area contributed by atoms with Gasteiger partial charge in [0.05, 0.1) is 0 Å². The molecule has 0 spiro atoms. The topological polar surface area (TPSA) is 0 Å². The van der Waals surface area contributed by atoms with Crippen molar-refractivity contribution in [1.82, 2.24) is 0 Å². The molecule has 0 aromatic heterocycles. The Labute approximate surface area is 158 Å². The Hall–Kier alpha value is -2.83. The summed E-state index contributed by atoms with van der Waals surface area (Å²) in [4.78, 5) is 0. The van der Waals surface area contributed by atoms with E-state index in [0.717, 1.165) is 15.9 Å². The zero-order valence-electron chi connectivity index (χ0n) is 14.6. The molecule has 4 aromatic carbocycles. The van der Waals surface area contributed by atoms with Crippen molar-refractivity contribution in [2.24, 2.45) is 0 Å². The maximum Gasteiger partial charge on any atom is 0.201 e. The SMILES string of the molecule is Fc1cccc([P+](c2ccccc2)(c2ccccc2)c2ccccc2)c1F. The summed E-state index contributed by atoms with van der Waals surface area (Å²) in [5, 5.41) is 3.39. The molecular formula is C24H18F2P+. The van der Waals surface area contributed by atoms with Crippen molar-refractivity contribution in [1.29, 1.82) is 0 Å². The fourth-order valence-corrected chi connectivity index (χ4v) is 7.87. The van der Waals surface area contributed by atoms with E-state index in [1.807, 2.05) is 91.0 Å². The van der Waals surface area contributed by atoms with Crippen LogP contribution in [0, 0.1) is 11.6 Å². The van der Waals surface area contributed by atoms with Gasteiger partial charge in [-0.3, -0.25) is 0 Å². The van der Waals surface area contributed by atoms with Gasteiger partial charge in [0.15, 0.2) is 5.82 Å². The number of halogens is 2. The number of rotatable bonds is 4. The molecule has 4 rings (SSSR count). The third kappa shape index (κ3) is 2.97. The van der Waals surface area contributed by atoms with Crippen LogP contribution >= 0.6 is 7.26 Å². The summed E-state index contributed by atoms with van der Waals surface area (Å²) >= 11 is 0. The van der Waals surface area contributed by atoms with Gasteiger partial charge in [0.25, 0.3) is 0 Å². The molecule has 4 aromatic rings. The summed E-state index contributed by atoms with van der Waals surface area (Å²) in [6.45, 7) is 0. The van der Waals surface area contributed by atoms with Crippen LogP contribution in [-0.2, 0) is 0 Å². The smallest absolute Gasteiger partial charge is 0.201 e. The average Bonchev–Trinajstić information content (AvgIpc) is 2.74. The number of benzene rings is 4. The van der Waals surface area contributed by atoms with Crippen LogP contribution in [0.4, 0.5) is 8.78 Å². The van der Waals surface area contributed by atoms with Crippen molar-refractivity contribution in [3.8, 4) is 0 Å². The van der Waals surface area contributed by atoms with Crippen LogP contribution in [-0.4, -0.2) is 0 Å². The first-order valence-electron chi connectivity index (χ1n) is 8.75. The van der Waals surface area contributed by atoms with Crippen LogP contribution in [0.1, 0.15) is 0 Å². The molecule has 0 N–H and O–H groups in total. The molecule has 0 aliphatic heterocycles. The molecule has 0 amide bonds. The minimum atomic E-state index is -2.59. The maximum atomic E-state index is 15.2. The summed E-state index contributed by atoms with van der Waals surface area (Å²) in [6, 6.07) is 34.1. The highest BCUT2D eigenvalue weighted by Crippen LogP contribution is 2.54. The molecule has 27 heavy (non-hydrogen) atoms. The third-order valence-corrected chi connectivity index (χ3v) is 9.01. The molecule has 0 aliphatic rings. The highest BCUT2D eigenvalue weighted by Gasteiger charge is 2.50. The maximum absolute atomic E-state index is 15.2. The highest BCUT2D eigenvalue weighted by molar-refractivity contribution is 8.01. The van der Waals surface area contributed by atoms with Crippen molar-refractivity contribution in [3.63, 3.8) is 0 Å². The van der Waals surface area contributed by atoms with E-state index < -0.39 is 18.9 Å². The summed E-state index contributed by atoms with van der Waals surface area (Å²) in [5.41, 5.74) is 0. The van der Waals surface area contributed by atoms with E-state index in [9.17, 15) is 4.39 Å². The van der Waals surface area contributed by atoms with E-state index in [0.29, 0.717) is 5.30 Å². The monoisotopic (exact) mass is 375 g/mol. The molecule has 0 nitrogen and oxygen atoms in total. The van der Waals surface area contributed by atoms with Crippen LogP contribution in [0.5, 0.6) is 0 Å². The van der Waals surface area contributed by atoms with Crippen molar-refractivity contribution >= 4 is 28.5 Å². The molecule has 0 fully saturated rings. The lowest BCUT2D eigenvalue weighted by Crippen LogP contribution is -2.40. The minimum absolute atomic E-state index is 0.408. The van der Waals surface area contributed by atoms with E-state index in [1.165, 1.54) is 6.07 Å². The highest BCUT2D eigenvalue weighted by atomic mass is 31.2. The van der Waals surface area contributed by atoms with Crippen LogP contribution < -0.4 is 21.2 Å². The van der Waals surface area contributed by atoms with Gasteiger partial charge in [-0.2, -0.15) is 4.39 Å². The van der Waals surface area contributed by atoms with Crippen LogP contribution in [0.2, 0.25) is 0 Å². The van der Waals surface area contributed by atoms with E-state index >= 15 is 4.39 Å². The van der Waals surface area contributed by atoms with Crippen molar-refractivity contribution < 1.29 is 8.78 Å². The molecular weight excluding hydrogens is 357 g/mol. The van der Waals surface area contributed by atoms with Crippen LogP contribution in [0.15, 0.2) is 109 Å². The molecule has 0 radical (unpaired) electrons. The number of hydrogen-bond donors (Lipinski definition) is 0. The molecule has 0 bridgehead atoms. The number of hydrogen-bond acceptors (Lipinski definition) is 0. The van der Waals surface area contributed by atoms with E-state index in [-0.39, 0.29) is 0 Å². The van der Waals surface area contributed by atoms with Crippen LogP contribution in [0.3, 0.4) is 0 Å². The van der Waals surface area contributed by atoms with Crippen molar-refractivity contribution in [3.05, 3.63) is 121 Å². The summed E-state index contributed by atoms with van der Waals surface area (Å²) in [5.74, 6) is -1.60. The van der Waals surface area contributed by atoms with E-state index in [4.69, 9.17) is 0 Å². The predicted octanol–water partition coefficient (Wildman–Crippen LogP) is 4.58. The van der Waals surface area contributed by atoms with Crippen molar-refractivity contribution in [2.75, 3.05) is 0 Å². The second kappa shape index (κ2) is 7.42. The Bertz CT molecular complexity index is 935. The molecule has 0 aliphatic carbocycles. The van der Waals surface area contributed by atoms with Gasteiger partial charge in [0.1, 0.15) is 28.5 Å². The van der Waals surface area contributed by atoms with Gasteiger partial charge in [0, 0.05) is 0 Å². The van der Waals surface area contributed by atoms with Crippen LogP contribution in [0.25, 0.3) is 0 Å². The molecule has 0 atom stereocenters. The second-order valence-corrected chi connectivity index (χ2v) is 9.62. The van der Waals surface area contributed by atoms with Gasteiger partial charge in [0.2, 0.25) is 5.82 Å². The van der Waals surface area contributed by atoms with Gasteiger partial charge >= 0.3 is 0 Å². The summed E-state index contributed by atoms with van der Waals surface area (Å²) in [7, 11) is -2.59. The van der Waals surface area contributed by atoms with Gasteiger partial charge in [-0.25, -0.2) is 4.39 Å². The lowest BCUT2D eigenvalue weighted by atomic mass is 10.3. The first-order valence-corrected chi connectivity index (χ1v) is 10.5. The quantitative estimate of drug-likeness (QED) is 0.458. The molecule has 0 heterocycles. The first-order chi connectivity index (χ1) is 13.2. The minimum Gasteiger partial charge on any atom is -0.204 e. The fraction of sp³-hybridized carbons (Fsp3) is 0. The summed E-state index contributed by atoms with van der Waals surface area (Å²) < 4.78 is 29.5. The normalized spacial score (nSPS) is 11.3. The Kier molecular flexibility index (Phi) is 4.83. The molecule has 0 unspecified atom stereocenters. The molecule has 0 saturated carbocycles. The van der Waals surface area contributed by atoms with E-state index in [2.05, 4.69) is 0 Å². The predicted molar refractivity (Wildman–Crippen MR) is 111 cm³/mol. The van der Waals surface area contributed by atoms with Gasteiger partial charge in [-0.1, -0.05) is 60.7 Å². The largest absolute Gasteiger partial charge is 0.204 e. The molecule has 3 heteroatoms. The Morgan fingerprint density at radius 2 is 0.852 bits per heavy atom. The Morgan fingerprint density at radius 1 is 0.444 bits per heavy atom. The summed E-state index contributed by atoms with van der Waals surface area (Å²) in [6.07, 6.45) is 0. The lowest BCUT2D eigenvalue weighted by molar-refractivity contribution is 0.514. The zero-order chi connectivity index (χ0) is 18.7. The van der Waals surface area contributed by atoms with E-state index in [1.54, 1.807) is 12.1 Å². The second-order valence-electron chi connectivity index (χ2n) is 6.25. The Morgan fingerprint density at radius 3 is 1.26 bits per heavy atom. The fourth-order valence-electron chi connectivity index (χ4n) is 3.57. The van der Waals surface area contributed by atoms with Gasteiger partial charge in [-0.15, -0.1) is 0 Å².